The number of fused-ring (bicyclic) bond motifs is 5. The molecular weight excluding hydrogens is 1420 g/mol. The lowest BCUT2D eigenvalue weighted by Gasteiger charge is -2.08. The average molecular weight is 1470 g/mol. The van der Waals surface area contributed by atoms with Crippen LogP contribution in [-0.2, 0) is 32.7 Å². The molecule has 0 radical (unpaired) electrons. The Labute approximate surface area is 603 Å². The van der Waals surface area contributed by atoms with Gasteiger partial charge in [-0.3, -0.25) is 20.2 Å². The molecule has 0 saturated carbocycles. The summed E-state index contributed by atoms with van der Waals surface area (Å²) in [6.45, 7) is 0.744. The molecule has 0 fully saturated rings. The van der Waals surface area contributed by atoms with Crippen LogP contribution < -0.4 is 4.74 Å². The lowest BCUT2D eigenvalue weighted by Crippen LogP contribution is -2.02. The number of nitro benzene ring substituents is 2. The third kappa shape index (κ3) is 15.6. The maximum Gasteiger partial charge on any atom is 0.274 e. The molecule has 0 amide bonds. The Morgan fingerprint density at radius 2 is 0.694 bits per heavy atom. The van der Waals surface area contributed by atoms with E-state index in [4.69, 9.17) is 4.74 Å². The smallest absolute Gasteiger partial charge is 0.274 e. The van der Waals surface area contributed by atoms with Crippen LogP contribution >= 0.6 is 0 Å². The third-order valence-corrected chi connectivity index (χ3v) is 17.2. The maximum atomic E-state index is 13.7. The van der Waals surface area contributed by atoms with Crippen molar-refractivity contribution in [3.05, 3.63) is 326 Å². The standard InChI is InChI=1S/C16H14N2O3.2C15H10F2N2O2.C15H10FN3O4.C15H11N3O4/c1-21-12-8-6-11(7-9-12)10-18-14-5-3-2-4-13(14)15(17-20)16(18)19;16-10-3-1-2-9(6-10)8-19-13-5-4-11(17)7-12(13)14(18-21)15(19)20;16-10-5-6-13-11(7-10)14(18-21)15(20)19(13)8-9-3-1-2-4-12(9)17;16-10-5-6-13-11(7-10)14(17-21)15(20)18(13)8-9-3-1-2-4-12(9)19(22)23;19-15-14(16-20)12-6-1-2-7-13(12)17(15)9-10-4-3-5-11(8-10)18(21)22/h2-9,19H,10H2,1H3;2*1-7,20H,8H2;1-7,20H,8H2;1-8,19H,9H2. The Morgan fingerprint density at radius 3 is 1.11 bits per heavy atom. The van der Waals surface area contributed by atoms with Gasteiger partial charge in [-0.05, 0) is 140 Å². The average Bonchev–Trinajstić information content (AvgIpc) is 1.64. The Kier molecular flexibility index (Phi) is 22.5. The van der Waals surface area contributed by atoms with Crippen LogP contribution in [0.25, 0.3) is 54.5 Å². The van der Waals surface area contributed by atoms with E-state index in [1.165, 1.54) is 97.1 Å². The molecule has 0 aliphatic rings. The number of hydrogen-bond acceptors (Lipinski definition) is 20. The normalized spacial score (nSPS) is 10.8. The summed E-state index contributed by atoms with van der Waals surface area (Å²) in [5.74, 6) is -3.30. The second-order valence-corrected chi connectivity index (χ2v) is 23.6. The molecule has 5 aromatic heterocycles. The second kappa shape index (κ2) is 32.6. The molecule has 544 valence electrons. The van der Waals surface area contributed by atoms with E-state index in [1.807, 2.05) is 42.5 Å². The zero-order valence-corrected chi connectivity index (χ0v) is 56.0. The summed E-state index contributed by atoms with van der Waals surface area (Å²) in [6, 6.07) is 57.1. The molecule has 0 unspecified atom stereocenters. The molecule has 108 heavy (non-hydrogen) atoms. The number of halogens is 5. The maximum absolute atomic E-state index is 13.7. The number of ether oxygens (including phenoxy) is 1. The summed E-state index contributed by atoms with van der Waals surface area (Å²) in [5.41, 5.74) is 4.70. The zero-order chi connectivity index (χ0) is 77.0. The number of aromatic hydroxyl groups is 5. The molecule has 32 heteroatoms. The van der Waals surface area contributed by atoms with Gasteiger partial charge >= 0.3 is 0 Å². The van der Waals surface area contributed by atoms with Crippen LogP contribution in [0.4, 0.5) is 61.8 Å². The molecule has 15 aromatic rings. The van der Waals surface area contributed by atoms with Crippen molar-refractivity contribution in [1.29, 1.82) is 0 Å². The van der Waals surface area contributed by atoms with E-state index in [1.54, 1.807) is 96.6 Å². The van der Waals surface area contributed by atoms with Gasteiger partial charge in [0.1, 0.15) is 34.8 Å². The molecule has 0 aliphatic carbocycles. The van der Waals surface area contributed by atoms with Crippen LogP contribution in [0.15, 0.2) is 250 Å². The fourth-order valence-corrected chi connectivity index (χ4v) is 12.2. The number of methoxy groups -OCH3 is 1. The van der Waals surface area contributed by atoms with E-state index < -0.39 is 50.7 Å². The summed E-state index contributed by atoms with van der Waals surface area (Å²) in [4.78, 5) is 75.5. The molecule has 0 atom stereocenters. The first-order valence-corrected chi connectivity index (χ1v) is 32.0. The SMILES string of the molecule is COc1ccc(Cn2c(O)c(N=O)c3ccccc32)cc1.O=Nc1c(O)n(Cc2cccc(F)c2)c2ccc(F)cc12.O=Nc1c(O)n(Cc2cccc([N+](=O)[O-])c2)c2ccccc12.O=Nc1c(O)n(Cc2ccccc2F)c2ccc(F)cc12.O=Nc1c(O)n(Cc2ccccc2[N+](=O)[O-])c2ccc(F)cc12. The lowest BCUT2D eigenvalue weighted by atomic mass is 10.2. The van der Waals surface area contributed by atoms with Crippen LogP contribution in [0.5, 0.6) is 35.1 Å². The van der Waals surface area contributed by atoms with Crippen molar-refractivity contribution in [3.8, 4) is 35.1 Å². The van der Waals surface area contributed by atoms with Gasteiger partial charge in [0, 0.05) is 56.3 Å². The number of rotatable bonds is 18. The zero-order valence-electron chi connectivity index (χ0n) is 56.0. The minimum atomic E-state index is -0.578. The Bertz CT molecular complexity index is 5980. The van der Waals surface area contributed by atoms with Crippen LogP contribution in [0.1, 0.15) is 27.8 Å². The number of benzene rings is 10. The van der Waals surface area contributed by atoms with E-state index in [0.717, 1.165) is 35.0 Å². The molecule has 0 saturated heterocycles. The van der Waals surface area contributed by atoms with Crippen molar-refractivity contribution in [3.63, 3.8) is 0 Å². The highest BCUT2D eigenvalue weighted by molar-refractivity contribution is 5.98. The molecule has 10 aromatic carbocycles. The minimum absolute atomic E-state index is 0.0101. The van der Waals surface area contributed by atoms with E-state index in [0.29, 0.717) is 61.6 Å². The number of nitro groups is 2. The first-order valence-electron chi connectivity index (χ1n) is 32.0. The predicted molar refractivity (Wildman–Crippen MR) is 393 cm³/mol. The van der Waals surface area contributed by atoms with Crippen molar-refractivity contribution in [2.24, 2.45) is 25.9 Å². The topological polar surface area (TPSA) is 368 Å². The number of non-ortho nitro benzene ring substituents is 1. The van der Waals surface area contributed by atoms with Gasteiger partial charge < -0.3 is 53.1 Å². The first-order chi connectivity index (χ1) is 52.1. The molecule has 5 heterocycles. The van der Waals surface area contributed by atoms with Crippen molar-refractivity contribution in [1.82, 2.24) is 22.8 Å². The molecular formula is C76H55F5N12O15. The van der Waals surface area contributed by atoms with Gasteiger partial charge in [0.25, 0.3) is 11.4 Å². The highest BCUT2D eigenvalue weighted by Gasteiger charge is 2.25. The largest absolute Gasteiger partial charge is 0.497 e. The van der Waals surface area contributed by atoms with E-state index in [-0.39, 0.29) is 99.8 Å². The van der Waals surface area contributed by atoms with E-state index in [9.17, 15) is 92.2 Å². The van der Waals surface area contributed by atoms with Crippen LogP contribution in [0.3, 0.4) is 0 Å². The van der Waals surface area contributed by atoms with Gasteiger partial charge in [0.05, 0.1) is 77.3 Å². The van der Waals surface area contributed by atoms with Crippen LogP contribution in [-0.4, -0.2) is 65.3 Å². The Morgan fingerprint density at radius 1 is 0.343 bits per heavy atom. The van der Waals surface area contributed by atoms with Gasteiger partial charge in [-0.25, -0.2) is 22.0 Å². The van der Waals surface area contributed by atoms with E-state index >= 15 is 0 Å². The number of para-hydroxylation sites is 3. The van der Waals surface area contributed by atoms with Gasteiger partial charge in [0.2, 0.25) is 29.4 Å². The number of aromatic nitrogens is 5. The molecule has 27 nitrogen and oxygen atoms in total. The molecule has 0 aliphatic heterocycles. The molecule has 5 N–H and O–H groups in total. The van der Waals surface area contributed by atoms with Crippen LogP contribution in [0, 0.1) is 73.9 Å². The van der Waals surface area contributed by atoms with Gasteiger partial charge in [-0.2, -0.15) is 0 Å². The summed E-state index contributed by atoms with van der Waals surface area (Å²) in [5, 5.41) is 88.5. The highest BCUT2D eigenvalue weighted by Crippen LogP contribution is 2.44. The second-order valence-electron chi connectivity index (χ2n) is 23.6. The minimum Gasteiger partial charge on any atom is -0.497 e. The third-order valence-electron chi connectivity index (χ3n) is 17.2. The summed E-state index contributed by atoms with van der Waals surface area (Å²) in [7, 11) is 1.61. The van der Waals surface area contributed by atoms with Gasteiger partial charge in [-0.1, -0.05) is 109 Å². The molecule has 15 rings (SSSR count). The monoisotopic (exact) mass is 1470 g/mol. The summed E-state index contributed by atoms with van der Waals surface area (Å²) < 4.78 is 79.2. The predicted octanol–water partition coefficient (Wildman–Crippen LogP) is 19.5. The van der Waals surface area contributed by atoms with Crippen molar-refractivity contribution in [2.75, 3.05) is 7.11 Å². The Hall–Kier alpha value is -14.9. The molecule has 0 spiro atoms. The van der Waals surface area contributed by atoms with Gasteiger partial charge in [-0.15, -0.1) is 24.5 Å². The molecule has 0 bridgehead atoms. The number of nitroso groups, excluding NO2 is 5. The van der Waals surface area contributed by atoms with Crippen molar-refractivity contribution in [2.45, 2.75) is 32.7 Å². The van der Waals surface area contributed by atoms with Crippen molar-refractivity contribution < 1.29 is 62.1 Å². The van der Waals surface area contributed by atoms with Gasteiger partial charge in [0.15, 0.2) is 28.4 Å². The number of nitrogens with zero attached hydrogens (tertiary/aromatic N) is 12. The fourth-order valence-electron chi connectivity index (χ4n) is 12.2. The lowest BCUT2D eigenvalue weighted by molar-refractivity contribution is -0.385. The van der Waals surface area contributed by atoms with Crippen molar-refractivity contribution >= 4 is 94.3 Å². The fraction of sp³-hybridized carbons (Fsp3) is 0.0789. The summed E-state index contributed by atoms with van der Waals surface area (Å²) in [6.07, 6.45) is 0. The van der Waals surface area contributed by atoms with E-state index in [2.05, 4.69) is 25.9 Å². The number of hydrogen-bond donors (Lipinski definition) is 5. The quantitative estimate of drug-likeness (QED) is 0.0231. The highest BCUT2D eigenvalue weighted by atomic mass is 19.1. The first kappa shape index (κ1) is 74.3. The Balaban J connectivity index is 0.000000134. The van der Waals surface area contributed by atoms with Crippen LogP contribution in [0.2, 0.25) is 0 Å². The summed E-state index contributed by atoms with van der Waals surface area (Å²) >= 11 is 0.